The van der Waals surface area contributed by atoms with Crippen molar-refractivity contribution in [2.45, 2.75) is 58.3 Å². The maximum absolute atomic E-state index is 12.8. The fourth-order valence-corrected chi connectivity index (χ4v) is 2.53. The van der Waals surface area contributed by atoms with Crippen LogP contribution in [-0.2, 0) is 25.6 Å². The average molecular weight is 406 g/mol. The normalized spacial score (nSPS) is 15.0. The van der Waals surface area contributed by atoms with Crippen LogP contribution >= 0.6 is 0 Å². The predicted octanol–water partition coefficient (Wildman–Crippen LogP) is -0.209. The summed E-state index contributed by atoms with van der Waals surface area (Å²) in [5.74, 6) is -3.19. The molecule has 1 aromatic carbocycles. The van der Waals surface area contributed by atoms with E-state index in [1.54, 1.807) is 38.1 Å². The second-order valence-corrected chi connectivity index (χ2v) is 7.34. The lowest BCUT2D eigenvalue weighted by atomic mass is 10.0. The molecule has 0 unspecified atom stereocenters. The lowest BCUT2D eigenvalue weighted by Gasteiger charge is -2.25. The Kier molecular flexibility index (Phi) is 9.27. The van der Waals surface area contributed by atoms with Crippen molar-refractivity contribution >= 4 is 23.7 Å². The minimum atomic E-state index is -1.16. The van der Waals surface area contributed by atoms with Crippen molar-refractivity contribution in [1.82, 2.24) is 16.0 Å². The topological polar surface area (TPSA) is 151 Å². The summed E-state index contributed by atoms with van der Waals surface area (Å²) >= 11 is 0. The predicted molar refractivity (Wildman–Crippen MR) is 108 cm³/mol. The van der Waals surface area contributed by atoms with E-state index in [0.717, 1.165) is 5.56 Å². The summed E-state index contributed by atoms with van der Waals surface area (Å²) in [6.07, 6.45) is 0.163. The van der Waals surface area contributed by atoms with E-state index in [0.29, 0.717) is 0 Å². The second-order valence-electron chi connectivity index (χ2n) is 7.34. The number of nitrogens with one attached hydrogen (secondary N) is 3. The lowest BCUT2D eigenvalue weighted by molar-refractivity contribution is -0.143. The number of hydrogen-bond donors (Lipinski definition) is 5. The number of amides is 3. The molecule has 0 aliphatic heterocycles. The highest BCUT2D eigenvalue weighted by Gasteiger charge is 2.30. The van der Waals surface area contributed by atoms with Crippen LogP contribution in [0.3, 0.4) is 0 Å². The molecule has 9 heteroatoms. The standard InChI is InChI=1S/C20H30N4O5/c1-11(2)16(20(28)29)24-19(27)15(10-14-8-6-5-7-9-14)23-18(26)13(4)22-17(25)12(3)21/h5-9,11-13,15-16H,10,21H2,1-4H3,(H,22,25)(H,23,26)(H,24,27)(H,28,29)/t12-,13-,15-,16-/m0/s1. The Bertz CT molecular complexity index is 721. The van der Waals surface area contributed by atoms with Crippen LogP contribution in [0.5, 0.6) is 0 Å². The SMILES string of the molecule is CC(C)[C@H](NC(=O)[C@H](Cc1ccccc1)NC(=O)[C@H](C)NC(=O)[C@H](C)N)C(=O)O. The summed E-state index contributed by atoms with van der Waals surface area (Å²) in [6, 6.07) is 5.21. The fraction of sp³-hybridized carbons (Fsp3) is 0.500. The Balaban J connectivity index is 2.95. The van der Waals surface area contributed by atoms with E-state index in [-0.39, 0.29) is 12.3 Å². The first-order valence-corrected chi connectivity index (χ1v) is 9.46. The molecule has 0 saturated heterocycles. The number of nitrogens with two attached hydrogens (primary N) is 1. The van der Waals surface area contributed by atoms with E-state index in [2.05, 4.69) is 16.0 Å². The molecule has 29 heavy (non-hydrogen) atoms. The van der Waals surface area contributed by atoms with E-state index >= 15 is 0 Å². The minimum Gasteiger partial charge on any atom is -0.480 e. The first-order chi connectivity index (χ1) is 13.5. The second kappa shape index (κ2) is 11.2. The molecule has 3 amide bonds. The summed E-state index contributed by atoms with van der Waals surface area (Å²) < 4.78 is 0. The monoisotopic (exact) mass is 406 g/mol. The van der Waals surface area contributed by atoms with Gasteiger partial charge >= 0.3 is 5.97 Å². The van der Waals surface area contributed by atoms with Crippen LogP contribution in [0.15, 0.2) is 30.3 Å². The van der Waals surface area contributed by atoms with E-state index in [4.69, 9.17) is 5.73 Å². The number of aliphatic carboxylic acids is 1. The molecular weight excluding hydrogens is 376 g/mol. The van der Waals surface area contributed by atoms with Gasteiger partial charge in [-0.25, -0.2) is 4.79 Å². The molecule has 4 atom stereocenters. The van der Waals surface area contributed by atoms with Gasteiger partial charge in [-0.15, -0.1) is 0 Å². The van der Waals surface area contributed by atoms with Gasteiger partial charge in [-0.2, -0.15) is 0 Å². The zero-order chi connectivity index (χ0) is 22.1. The zero-order valence-corrected chi connectivity index (χ0v) is 17.1. The fourth-order valence-electron chi connectivity index (χ4n) is 2.53. The van der Waals surface area contributed by atoms with E-state index in [1.807, 2.05) is 6.07 Å². The Labute approximate surface area is 170 Å². The van der Waals surface area contributed by atoms with Gasteiger partial charge in [-0.1, -0.05) is 44.2 Å². The third-order valence-electron chi connectivity index (χ3n) is 4.31. The van der Waals surface area contributed by atoms with Gasteiger partial charge < -0.3 is 26.8 Å². The molecule has 0 radical (unpaired) electrons. The molecule has 0 bridgehead atoms. The molecule has 1 aromatic rings. The third-order valence-corrected chi connectivity index (χ3v) is 4.31. The number of carboxylic acids is 1. The van der Waals surface area contributed by atoms with E-state index < -0.39 is 47.9 Å². The Hall–Kier alpha value is -2.94. The zero-order valence-electron chi connectivity index (χ0n) is 17.1. The largest absolute Gasteiger partial charge is 0.480 e. The maximum Gasteiger partial charge on any atom is 0.326 e. The average Bonchev–Trinajstić information content (AvgIpc) is 2.65. The van der Waals surface area contributed by atoms with Crippen molar-refractivity contribution in [3.63, 3.8) is 0 Å². The molecule has 9 nitrogen and oxygen atoms in total. The molecule has 160 valence electrons. The Morgan fingerprint density at radius 3 is 1.97 bits per heavy atom. The highest BCUT2D eigenvalue weighted by Crippen LogP contribution is 2.07. The third kappa shape index (κ3) is 7.90. The molecule has 0 saturated carbocycles. The van der Waals surface area contributed by atoms with Gasteiger partial charge in [0.05, 0.1) is 6.04 Å². The summed E-state index contributed by atoms with van der Waals surface area (Å²) in [7, 11) is 0. The van der Waals surface area contributed by atoms with Crippen molar-refractivity contribution in [2.75, 3.05) is 0 Å². The molecule has 0 spiro atoms. The first-order valence-electron chi connectivity index (χ1n) is 9.46. The smallest absolute Gasteiger partial charge is 0.326 e. The van der Waals surface area contributed by atoms with Gasteiger partial charge in [0.2, 0.25) is 17.7 Å². The van der Waals surface area contributed by atoms with E-state index in [1.165, 1.54) is 13.8 Å². The van der Waals surface area contributed by atoms with Crippen LogP contribution in [0.2, 0.25) is 0 Å². The molecule has 0 aliphatic rings. The molecule has 6 N–H and O–H groups in total. The molecular formula is C20H30N4O5. The van der Waals surface area contributed by atoms with Crippen molar-refractivity contribution in [3.05, 3.63) is 35.9 Å². The summed E-state index contributed by atoms with van der Waals surface area (Å²) in [5, 5.41) is 16.9. The summed E-state index contributed by atoms with van der Waals surface area (Å²) in [6.45, 7) is 6.32. The van der Waals surface area contributed by atoms with Crippen molar-refractivity contribution in [3.8, 4) is 0 Å². The molecule has 0 heterocycles. The number of carbonyl (C=O) groups excluding carboxylic acids is 3. The van der Waals surface area contributed by atoms with Crippen LogP contribution in [0, 0.1) is 5.92 Å². The van der Waals surface area contributed by atoms with Crippen LogP contribution in [-0.4, -0.2) is 53.0 Å². The van der Waals surface area contributed by atoms with Crippen molar-refractivity contribution in [2.24, 2.45) is 11.7 Å². The number of hydrogen-bond acceptors (Lipinski definition) is 5. The molecule has 0 aliphatic carbocycles. The van der Waals surface area contributed by atoms with Gasteiger partial charge in [-0.3, -0.25) is 14.4 Å². The minimum absolute atomic E-state index is 0.163. The van der Waals surface area contributed by atoms with Crippen molar-refractivity contribution < 1.29 is 24.3 Å². The van der Waals surface area contributed by atoms with Gasteiger partial charge in [0.15, 0.2) is 0 Å². The van der Waals surface area contributed by atoms with Crippen LogP contribution in [0.25, 0.3) is 0 Å². The molecule has 0 aromatic heterocycles. The van der Waals surface area contributed by atoms with Crippen LogP contribution in [0.4, 0.5) is 0 Å². The van der Waals surface area contributed by atoms with Gasteiger partial charge in [0, 0.05) is 6.42 Å². The highest BCUT2D eigenvalue weighted by molar-refractivity contribution is 5.94. The first kappa shape index (κ1) is 24.1. The summed E-state index contributed by atoms with van der Waals surface area (Å²) in [5.41, 5.74) is 6.27. The van der Waals surface area contributed by atoms with Gasteiger partial charge in [0.1, 0.15) is 18.1 Å². The van der Waals surface area contributed by atoms with E-state index in [9.17, 15) is 24.3 Å². The van der Waals surface area contributed by atoms with Crippen LogP contribution in [0.1, 0.15) is 33.3 Å². The molecule has 0 fully saturated rings. The molecule has 1 rings (SSSR count). The number of carboxylic acid groups (broad SMARTS) is 1. The van der Waals surface area contributed by atoms with Crippen LogP contribution < -0.4 is 21.7 Å². The maximum atomic E-state index is 12.8. The Morgan fingerprint density at radius 1 is 0.897 bits per heavy atom. The summed E-state index contributed by atoms with van der Waals surface area (Å²) in [4.78, 5) is 48.4. The quantitative estimate of drug-likeness (QED) is 0.363. The number of carbonyl (C=O) groups is 4. The Morgan fingerprint density at radius 2 is 1.48 bits per heavy atom. The highest BCUT2D eigenvalue weighted by atomic mass is 16.4. The van der Waals surface area contributed by atoms with Crippen molar-refractivity contribution in [1.29, 1.82) is 0 Å². The number of rotatable bonds is 10. The van der Waals surface area contributed by atoms with Gasteiger partial charge in [0.25, 0.3) is 0 Å². The van der Waals surface area contributed by atoms with Gasteiger partial charge in [-0.05, 0) is 25.3 Å². The lowest BCUT2D eigenvalue weighted by Crippen LogP contribution is -2.57. The number of benzene rings is 1.